The molecule has 3 aliphatic carbocycles. The summed E-state index contributed by atoms with van der Waals surface area (Å²) in [5.41, 5.74) is 6.79. The first-order chi connectivity index (χ1) is 20.9. The molecule has 4 fully saturated rings. The van der Waals surface area contributed by atoms with Crippen LogP contribution in [0.4, 0.5) is 8.78 Å². The number of aromatic amines is 2. The summed E-state index contributed by atoms with van der Waals surface area (Å²) < 4.78 is 32.2. The number of hydrogen-bond acceptors (Lipinski definition) is 4. The third-order valence-corrected chi connectivity index (χ3v) is 11.0. The molecule has 5 aromatic rings. The largest absolute Gasteiger partial charge is 0.341 e. The molecule has 2 aromatic heterocycles. The minimum absolute atomic E-state index is 0.0521. The maximum absolute atomic E-state index is 16.1. The van der Waals surface area contributed by atoms with Crippen LogP contribution in [0.25, 0.3) is 44.5 Å². The van der Waals surface area contributed by atoms with Crippen LogP contribution < -0.4 is 10.6 Å². The maximum Gasteiger partial charge on any atom is 0.299 e. The van der Waals surface area contributed by atoms with Gasteiger partial charge in [0.25, 0.3) is 5.92 Å². The van der Waals surface area contributed by atoms with Crippen LogP contribution in [0, 0.1) is 11.3 Å². The number of nitrogens with one attached hydrogen (secondary N) is 4. The number of H-pyrrole nitrogens is 2. The van der Waals surface area contributed by atoms with Gasteiger partial charge in [0.1, 0.15) is 11.6 Å². The molecule has 10 rings (SSSR count). The van der Waals surface area contributed by atoms with Crippen LogP contribution in [0.3, 0.4) is 0 Å². The molecular formula is C35H32F2N6. The zero-order valence-electron chi connectivity index (χ0n) is 23.7. The minimum atomic E-state index is -3.09. The Balaban J connectivity index is 0.956. The van der Waals surface area contributed by atoms with E-state index in [0.29, 0.717) is 28.5 Å². The van der Waals surface area contributed by atoms with Crippen molar-refractivity contribution in [3.05, 3.63) is 83.6 Å². The summed E-state index contributed by atoms with van der Waals surface area (Å²) in [6.07, 6.45) is 9.16. The number of aromatic nitrogens is 4. The maximum atomic E-state index is 16.1. The van der Waals surface area contributed by atoms with Gasteiger partial charge < -0.3 is 20.6 Å². The Morgan fingerprint density at radius 3 is 2.33 bits per heavy atom. The van der Waals surface area contributed by atoms with Crippen LogP contribution in [0.5, 0.6) is 0 Å². The number of halogens is 2. The molecule has 0 radical (unpaired) electrons. The van der Waals surface area contributed by atoms with E-state index in [4.69, 9.17) is 4.98 Å². The summed E-state index contributed by atoms with van der Waals surface area (Å²) >= 11 is 0. The van der Waals surface area contributed by atoms with Gasteiger partial charge >= 0.3 is 0 Å². The van der Waals surface area contributed by atoms with Crippen molar-refractivity contribution in [1.29, 1.82) is 0 Å². The van der Waals surface area contributed by atoms with Crippen molar-refractivity contribution in [1.82, 2.24) is 30.6 Å². The van der Waals surface area contributed by atoms with Gasteiger partial charge in [0, 0.05) is 29.3 Å². The van der Waals surface area contributed by atoms with Crippen LogP contribution >= 0.6 is 0 Å². The number of piperidine rings is 1. The second-order valence-corrected chi connectivity index (χ2v) is 13.7. The lowest BCUT2D eigenvalue weighted by Gasteiger charge is -2.20. The van der Waals surface area contributed by atoms with E-state index >= 15 is 8.78 Å². The number of fused-ring (bicyclic) bond motifs is 6. The van der Waals surface area contributed by atoms with Crippen molar-refractivity contribution in [2.75, 3.05) is 6.54 Å². The summed E-state index contributed by atoms with van der Waals surface area (Å²) in [6.45, 7) is 1.04. The molecular weight excluding hydrogens is 542 g/mol. The Morgan fingerprint density at radius 2 is 1.58 bits per heavy atom. The second-order valence-electron chi connectivity index (χ2n) is 13.7. The van der Waals surface area contributed by atoms with Gasteiger partial charge in [0.05, 0.1) is 35.0 Å². The van der Waals surface area contributed by atoms with E-state index in [1.165, 1.54) is 32.1 Å². The molecule has 0 amide bonds. The minimum Gasteiger partial charge on any atom is -0.341 e. The second kappa shape index (κ2) is 8.39. The highest BCUT2D eigenvalue weighted by Gasteiger charge is 2.49. The Bertz CT molecular complexity index is 1950. The van der Waals surface area contributed by atoms with Gasteiger partial charge in [0.2, 0.25) is 0 Å². The van der Waals surface area contributed by atoms with Crippen molar-refractivity contribution >= 4 is 11.0 Å². The van der Waals surface area contributed by atoms with E-state index in [1.54, 1.807) is 18.3 Å². The molecule has 1 unspecified atom stereocenters. The molecule has 1 spiro atoms. The van der Waals surface area contributed by atoms with Crippen LogP contribution in [0.1, 0.15) is 73.4 Å². The van der Waals surface area contributed by atoms with E-state index in [-0.39, 0.29) is 23.2 Å². The van der Waals surface area contributed by atoms with E-state index in [1.807, 2.05) is 42.5 Å². The molecule has 4 N–H and O–H groups in total. The third kappa shape index (κ3) is 3.63. The van der Waals surface area contributed by atoms with Gasteiger partial charge in [0.15, 0.2) is 0 Å². The van der Waals surface area contributed by atoms with Gasteiger partial charge in [-0.1, -0.05) is 30.3 Å². The number of benzene rings is 3. The SMILES string of the molecule is FC1(F)c2cc(-c3ccc4nc([C@H]5NC6CC[C@H]5C6)[nH]c4c3)ccc2-c2ccc(-c3cnc([C@@H]4CC5(CC5)CN4)[nH]3)cc21. The van der Waals surface area contributed by atoms with Gasteiger partial charge in [-0.15, -0.1) is 0 Å². The average molecular weight is 575 g/mol. The molecule has 2 saturated heterocycles. The highest BCUT2D eigenvalue weighted by molar-refractivity contribution is 5.86. The van der Waals surface area contributed by atoms with Crippen molar-refractivity contribution in [3.63, 3.8) is 0 Å². The van der Waals surface area contributed by atoms with E-state index < -0.39 is 5.92 Å². The smallest absolute Gasteiger partial charge is 0.299 e. The first-order valence-corrected chi connectivity index (χ1v) is 15.6. The monoisotopic (exact) mass is 574 g/mol. The molecule has 2 saturated carbocycles. The third-order valence-electron chi connectivity index (χ3n) is 11.0. The van der Waals surface area contributed by atoms with Crippen molar-refractivity contribution < 1.29 is 8.78 Å². The topological polar surface area (TPSA) is 81.4 Å². The summed E-state index contributed by atoms with van der Waals surface area (Å²) in [6, 6.07) is 18.0. The first kappa shape index (κ1) is 24.6. The number of rotatable bonds is 4. The van der Waals surface area contributed by atoms with Crippen LogP contribution in [-0.4, -0.2) is 32.5 Å². The van der Waals surface area contributed by atoms with Crippen LogP contribution in [-0.2, 0) is 5.92 Å². The van der Waals surface area contributed by atoms with Crippen molar-refractivity contribution in [2.45, 2.75) is 62.6 Å². The zero-order valence-corrected chi connectivity index (χ0v) is 23.7. The fourth-order valence-corrected chi connectivity index (χ4v) is 8.42. The highest BCUT2D eigenvalue weighted by atomic mass is 19.3. The summed E-state index contributed by atoms with van der Waals surface area (Å²) in [5, 5.41) is 7.29. The lowest BCUT2D eigenvalue weighted by atomic mass is 9.98. The first-order valence-electron chi connectivity index (χ1n) is 15.6. The zero-order chi connectivity index (χ0) is 28.5. The standard InChI is InChI=1S/C35H32F2N6/c36-35(37)25-12-18(19-4-8-27-28(14-19)42-33(41-27)31-21-1-5-22(11-21)40-31)2-6-23(25)24-7-3-20(13-26(24)35)30-16-38-32(43-30)29-15-34(9-10-34)17-39-29/h2-4,6-8,12-14,16,21-22,29,31,39-40H,1,5,9-11,15,17H2,(H,38,43)(H,41,42)/t21-,22?,29-,31-/m0/s1. The van der Waals surface area contributed by atoms with Gasteiger partial charge in [-0.05, 0) is 96.4 Å². The molecule has 5 aliphatic rings. The predicted octanol–water partition coefficient (Wildman–Crippen LogP) is 7.37. The number of imidazole rings is 2. The number of alkyl halides is 2. The Morgan fingerprint density at radius 1 is 0.814 bits per heavy atom. The van der Waals surface area contributed by atoms with Crippen LogP contribution in [0.2, 0.25) is 0 Å². The normalized spacial score (nSPS) is 27.3. The molecule has 216 valence electrons. The lowest BCUT2D eigenvalue weighted by Crippen LogP contribution is -2.29. The molecule has 4 heterocycles. The molecule has 3 aromatic carbocycles. The molecule has 2 aliphatic heterocycles. The molecule has 8 heteroatoms. The highest BCUT2D eigenvalue weighted by Crippen LogP contribution is 2.55. The van der Waals surface area contributed by atoms with Crippen molar-refractivity contribution in [2.24, 2.45) is 11.3 Å². The predicted molar refractivity (Wildman–Crippen MR) is 162 cm³/mol. The number of hydrogen-bond donors (Lipinski definition) is 4. The van der Waals surface area contributed by atoms with Gasteiger partial charge in [-0.3, -0.25) is 0 Å². The summed E-state index contributed by atoms with van der Waals surface area (Å²) in [5.74, 6) is -0.571. The molecule has 6 nitrogen and oxygen atoms in total. The Hall–Kier alpha value is -3.88. The van der Waals surface area contributed by atoms with E-state index in [9.17, 15) is 0 Å². The Kier molecular flexibility index (Phi) is 4.79. The van der Waals surface area contributed by atoms with E-state index in [2.05, 4.69) is 25.6 Å². The molecule has 43 heavy (non-hydrogen) atoms. The molecule has 2 bridgehead atoms. The summed E-state index contributed by atoms with van der Waals surface area (Å²) in [4.78, 5) is 16.4. The lowest BCUT2D eigenvalue weighted by molar-refractivity contribution is 0.0481. The van der Waals surface area contributed by atoms with Crippen molar-refractivity contribution in [3.8, 4) is 33.5 Å². The van der Waals surface area contributed by atoms with Gasteiger partial charge in [-0.2, -0.15) is 8.78 Å². The average Bonchev–Trinajstić information content (AvgIpc) is 3.68. The molecule has 4 atom stereocenters. The van der Waals surface area contributed by atoms with Gasteiger partial charge in [-0.25, -0.2) is 9.97 Å². The fourth-order valence-electron chi connectivity index (χ4n) is 8.42. The number of nitrogens with zero attached hydrogens (tertiary/aromatic N) is 2. The van der Waals surface area contributed by atoms with Crippen LogP contribution in [0.15, 0.2) is 60.8 Å². The van der Waals surface area contributed by atoms with E-state index in [0.717, 1.165) is 58.0 Å². The summed E-state index contributed by atoms with van der Waals surface area (Å²) in [7, 11) is 0. The quantitative estimate of drug-likeness (QED) is 0.181. The Labute approximate surface area is 247 Å². The fraction of sp³-hybridized carbons (Fsp3) is 0.371.